The average molecular weight is 486 g/mol. The number of carbonyl (C=O) groups excluding carboxylic acids is 2. The molecule has 2 aromatic carbocycles. The fraction of sp³-hybridized carbons (Fsp3) is 0.379. The normalized spacial score (nSPS) is 29.5. The molecule has 2 fully saturated rings. The number of carbonyl (C=O) groups is 2. The lowest BCUT2D eigenvalue weighted by Gasteiger charge is -2.36. The second kappa shape index (κ2) is 9.59. The van der Waals surface area contributed by atoms with Gasteiger partial charge in [0, 0.05) is 35.2 Å². The van der Waals surface area contributed by atoms with Gasteiger partial charge in [0.15, 0.2) is 5.78 Å². The van der Waals surface area contributed by atoms with Crippen LogP contribution < -0.4 is 16.0 Å². The number of fused-ring (bicyclic) bond motifs is 3. The third-order valence-electron chi connectivity index (χ3n) is 8.08. The molecule has 35 heavy (non-hydrogen) atoms. The summed E-state index contributed by atoms with van der Waals surface area (Å²) in [5.74, 6) is 0.337. The van der Waals surface area contributed by atoms with Crippen LogP contribution in [0, 0.1) is 11.8 Å². The molecule has 3 heterocycles. The van der Waals surface area contributed by atoms with E-state index in [1.165, 1.54) is 11.1 Å². The molecule has 180 valence electrons. The number of Topliss-reactive ketones (excluding diaryl/α,β-unsaturated/α-hetero) is 1. The van der Waals surface area contributed by atoms with Gasteiger partial charge in [-0.2, -0.15) is 11.3 Å². The summed E-state index contributed by atoms with van der Waals surface area (Å²) in [5.41, 5.74) is 4.34. The first-order chi connectivity index (χ1) is 17.2. The van der Waals surface area contributed by atoms with Gasteiger partial charge in [-0.3, -0.25) is 9.59 Å². The Morgan fingerprint density at radius 3 is 2.54 bits per heavy atom. The van der Waals surface area contributed by atoms with Crippen LogP contribution in [0.4, 0.5) is 5.69 Å². The molecule has 1 amide bonds. The molecule has 1 saturated heterocycles. The minimum Gasteiger partial charge on any atom is -0.378 e. The Kier molecular flexibility index (Phi) is 6.17. The van der Waals surface area contributed by atoms with E-state index in [1.54, 1.807) is 11.3 Å². The maximum absolute atomic E-state index is 13.9. The van der Waals surface area contributed by atoms with Crippen molar-refractivity contribution in [2.75, 3.05) is 5.32 Å². The van der Waals surface area contributed by atoms with Crippen molar-refractivity contribution in [2.45, 2.75) is 56.3 Å². The van der Waals surface area contributed by atoms with Crippen molar-refractivity contribution in [3.05, 3.63) is 88.1 Å². The van der Waals surface area contributed by atoms with Crippen LogP contribution in [0.25, 0.3) is 0 Å². The van der Waals surface area contributed by atoms with Crippen molar-refractivity contribution >= 4 is 28.7 Å². The molecule has 0 spiro atoms. The maximum atomic E-state index is 13.9. The molecule has 0 radical (unpaired) electrons. The van der Waals surface area contributed by atoms with Gasteiger partial charge in [0.25, 0.3) is 5.91 Å². The van der Waals surface area contributed by atoms with Gasteiger partial charge in [0.1, 0.15) is 0 Å². The highest BCUT2D eigenvalue weighted by Gasteiger charge is 2.48. The van der Waals surface area contributed by atoms with Gasteiger partial charge in [-0.25, -0.2) is 0 Å². The number of hydrogen-bond acceptors (Lipinski definition) is 5. The average Bonchev–Trinajstić information content (AvgIpc) is 3.60. The number of benzene rings is 2. The lowest BCUT2D eigenvalue weighted by atomic mass is 9.77. The van der Waals surface area contributed by atoms with Crippen molar-refractivity contribution in [3.63, 3.8) is 0 Å². The van der Waals surface area contributed by atoms with Crippen LogP contribution in [0.15, 0.2) is 71.4 Å². The van der Waals surface area contributed by atoms with E-state index in [0.29, 0.717) is 11.5 Å². The van der Waals surface area contributed by atoms with Gasteiger partial charge < -0.3 is 16.0 Å². The molecule has 6 heteroatoms. The van der Waals surface area contributed by atoms with Crippen molar-refractivity contribution < 1.29 is 9.59 Å². The Morgan fingerprint density at radius 1 is 0.914 bits per heavy atom. The zero-order valence-corrected chi connectivity index (χ0v) is 20.5. The molecule has 3 N–H and O–H groups in total. The summed E-state index contributed by atoms with van der Waals surface area (Å²) in [7, 11) is 0. The number of amides is 1. The second-order valence-electron chi connectivity index (χ2n) is 10.1. The minimum atomic E-state index is -0.196. The van der Waals surface area contributed by atoms with Crippen molar-refractivity contribution in [3.8, 4) is 0 Å². The van der Waals surface area contributed by atoms with Gasteiger partial charge in [0.2, 0.25) is 0 Å². The van der Waals surface area contributed by atoms with Crippen LogP contribution in [-0.4, -0.2) is 23.8 Å². The summed E-state index contributed by atoms with van der Waals surface area (Å²) in [6.07, 6.45) is 4.59. The Bertz CT molecular complexity index is 1200. The smallest absolute Gasteiger partial charge is 0.251 e. The second-order valence-corrected chi connectivity index (χ2v) is 10.9. The van der Waals surface area contributed by atoms with Gasteiger partial charge in [0.05, 0.1) is 12.1 Å². The molecule has 1 aromatic heterocycles. The molecule has 6 rings (SSSR count). The highest BCUT2D eigenvalue weighted by Crippen LogP contribution is 2.49. The molecule has 3 aliphatic rings. The van der Waals surface area contributed by atoms with Crippen LogP contribution in [0.5, 0.6) is 0 Å². The van der Waals surface area contributed by atoms with Crippen LogP contribution in [-0.2, 0) is 4.79 Å². The van der Waals surface area contributed by atoms with Gasteiger partial charge in [-0.05, 0) is 65.4 Å². The van der Waals surface area contributed by atoms with Crippen LogP contribution >= 0.6 is 11.3 Å². The van der Waals surface area contributed by atoms with Crippen molar-refractivity contribution in [1.29, 1.82) is 0 Å². The largest absolute Gasteiger partial charge is 0.378 e. The molecule has 2 aliphatic heterocycles. The molecule has 1 unspecified atom stereocenters. The summed E-state index contributed by atoms with van der Waals surface area (Å²) in [5, 5.41) is 15.0. The van der Waals surface area contributed by atoms with E-state index in [-0.39, 0.29) is 41.8 Å². The summed E-state index contributed by atoms with van der Waals surface area (Å²) < 4.78 is 0. The Labute approximate surface area is 210 Å². The molecule has 6 atom stereocenters. The molecule has 1 saturated carbocycles. The topological polar surface area (TPSA) is 70.2 Å². The van der Waals surface area contributed by atoms with Gasteiger partial charge in [-0.15, -0.1) is 0 Å². The van der Waals surface area contributed by atoms with E-state index in [4.69, 9.17) is 0 Å². The number of nitrogens with one attached hydrogen (secondary N) is 3. The Balaban J connectivity index is 1.23. The van der Waals surface area contributed by atoms with Crippen LogP contribution in [0.1, 0.15) is 65.7 Å². The predicted molar refractivity (Wildman–Crippen MR) is 140 cm³/mol. The van der Waals surface area contributed by atoms with E-state index >= 15 is 0 Å². The van der Waals surface area contributed by atoms with Crippen molar-refractivity contribution in [1.82, 2.24) is 10.6 Å². The first kappa shape index (κ1) is 22.5. The number of anilines is 1. The van der Waals surface area contributed by atoms with E-state index in [1.807, 2.05) is 30.3 Å². The van der Waals surface area contributed by atoms with E-state index < -0.39 is 0 Å². The molecule has 5 nitrogen and oxygen atoms in total. The summed E-state index contributed by atoms with van der Waals surface area (Å²) >= 11 is 1.72. The van der Waals surface area contributed by atoms with E-state index in [9.17, 15) is 9.59 Å². The third kappa shape index (κ3) is 4.30. The zero-order chi connectivity index (χ0) is 23.8. The number of rotatable bonds is 5. The molecule has 0 bridgehead atoms. The van der Waals surface area contributed by atoms with E-state index in [2.05, 4.69) is 57.0 Å². The fourth-order valence-electron chi connectivity index (χ4n) is 6.36. The lowest BCUT2D eigenvalue weighted by molar-refractivity contribution is -0.126. The highest BCUT2D eigenvalue weighted by atomic mass is 32.1. The van der Waals surface area contributed by atoms with Gasteiger partial charge >= 0.3 is 0 Å². The fourth-order valence-corrected chi connectivity index (χ4v) is 7.06. The number of hydrogen-bond donors (Lipinski definition) is 3. The molecule has 1 aliphatic carbocycles. The van der Waals surface area contributed by atoms with Crippen LogP contribution in [0.3, 0.4) is 0 Å². The third-order valence-corrected chi connectivity index (χ3v) is 8.78. The first-order valence-electron chi connectivity index (χ1n) is 12.7. The predicted octanol–water partition coefficient (Wildman–Crippen LogP) is 5.49. The number of para-hydroxylation sites is 1. The highest BCUT2D eigenvalue weighted by molar-refractivity contribution is 7.08. The van der Waals surface area contributed by atoms with E-state index in [0.717, 1.165) is 37.8 Å². The maximum Gasteiger partial charge on any atom is 0.251 e. The molecular formula is C29H31N3O2S. The first-order valence-corrected chi connectivity index (χ1v) is 13.7. The number of thiophene rings is 1. The van der Waals surface area contributed by atoms with Gasteiger partial charge in [-0.1, -0.05) is 49.2 Å². The number of ketones is 1. The quantitative estimate of drug-likeness (QED) is 0.447. The van der Waals surface area contributed by atoms with Crippen molar-refractivity contribution in [2.24, 2.45) is 11.8 Å². The Hall–Kier alpha value is -2.96. The summed E-state index contributed by atoms with van der Waals surface area (Å²) in [4.78, 5) is 26.8. The zero-order valence-electron chi connectivity index (χ0n) is 19.7. The summed E-state index contributed by atoms with van der Waals surface area (Å²) in [6.45, 7) is 0. The molecular weight excluding hydrogens is 454 g/mol. The molecule has 3 aromatic rings. The monoisotopic (exact) mass is 485 g/mol. The minimum absolute atomic E-state index is 0.0843. The van der Waals surface area contributed by atoms with Crippen LogP contribution in [0.2, 0.25) is 0 Å². The SMILES string of the molecule is O=C(N[C@@H]1CCCC[C@@H]1C(=O)C1C[C@H]2[C@H](c3ccsc3)Nc3ccccc3[C@@H]2N1)c1ccccc1. The standard InChI is InChI=1S/C29H31N3O2S/c33-28(21-11-5-7-13-24(21)32-29(34)18-8-2-1-3-9-18)25-16-22-26(19-14-15-35-17-19)30-23-12-6-4-10-20(23)27(22)31-25/h1-4,6,8-10,12,14-15,17,21-22,24-27,30-31H,5,7,11,13,16H2,(H,32,34)/t21-,22-,24+,25?,26-,27-/m0/s1. The Morgan fingerprint density at radius 2 is 1.71 bits per heavy atom. The summed E-state index contributed by atoms with van der Waals surface area (Å²) in [6, 6.07) is 20.0. The lowest BCUT2D eigenvalue weighted by Crippen LogP contribution is -2.49.